The fourth-order valence-corrected chi connectivity index (χ4v) is 0.735. The predicted molar refractivity (Wildman–Crippen MR) is 40.3 cm³/mol. The molecule has 0 aliphatic heterocycles. The fourth-order valence-electron chi connectivity index (χ4n) is 0.735. The summed E-state index contributed by atoms with van der Waals surface area (Å²) in [7, 11) is 0. The molecule has 0 heterocycles. The van der Waals surface area contributed by atoms with Crippen LogP contribution in [0.2, 0.25) is 0 Å². The molecular weight excluding hydrogens is 286 g/mol. The topological polar surface area (TPSA) is 0 Å². The van der Waals surface area contributed by atoms with Gasteiger partial charge in [-0.1, -0.05) is 13.2 Å². The Hall–Kier alpha value is -1.22. The third-order valence-electron chi connectivity index (χ3n) is 1.86. The molecule has 0 radical (unpaired) electrons. The van der Waals surface area contributed by atoms with E-state index < -0.39 is 35.3 Å². The molecule has 0 atom stereocenters. The lowest BCUT2D eigenvalue weighted by Crippen LogP contribution is -2.62. The monoisotopic (exact) mass is 290 g/mol. The van der Waals surface area contributed by atoms with Gasteiger partial charge in [-0.15, -0.1) is 0 Å². The molecule has 18 heavy (non-hydrogen) atoms. The smallest absolute Gasteiger partial charge is 0.206 e. The van der Waals surface area contributed by atoms with E-state index in [0.717, 1.165) is 0 Å². The second kappa shape index (κ2) is 4.16. The summed E-state index contributed by atoms with van der Waals surface area (Å²) in [6.07, 6.45) is 0. The van der Waals surface area contributed by atoms with E-state index in [9.17, 15) is 43.9 Å². The van der Waals surface area contributed by atoms with Crippen molar-refractivity contribution in [1.29, 1.82) is 0 Å². The van der Waals surface area contributed by atoms with Crippen LogP contribution in [-0.4, -0.2) is 23.7 Å². The lowest BCUT2D eigenvalue weighted by Gasteiger charge is -2.35. The molecule has 0 aliphatic rings. The van der Waals surface area contributed by atoms with Crippen molar-refractivity contribution in [3.05, 3.63) is 24.8 Å². The maximum atomic E-state index is 12.6. The molecular formula is C8H4F10. The van der Waals surface area contributed by atoms with Gasteiger partial charge < -0.3 is 0 Å². The SMILES string of the molecule is C=C(F)C(F)(F)C(F)(F)C(F)(F)C(F)(F)C(=C)F. The van der Waals surface area contributed by atoms with Crippen LogP contribution in [0.25, 0.3) is 0 Å². The Morgan fingerprint density at radius 1 is 0.556 bits per heavy atom. The van der Waals surface area contributed by atoms with E-state index in [0.29, 0.717) is 0 Å². The molecule has 0 unspecified atom stereocenters. The minimum Gasteiger partial charge on any atom is -0.206 e. The van der Waals surface area contributed by atoms with Crippen molar-refractivity contribution >= 4 is 0 Å². The van der Waals surface area contributed by atoms with Crippen molar-refractivity contribution in [3.63, 3.8) is 0 Å². The average molecular weight is 290 g/mol. The molecule has 0 saturated carbocycles. The van der Waals surface area contributed by atoms with Gasteiger partial charge in [-0.2, -0.15) is 35.1 Å². The number of hydrogen-bond acceptors (Lipinski definition) is 0. The first-order valence-corrected chi connectivity index (χ1v) is 3.85. The van der Waals surface area contributed by atoms with E-state index in [4.69, 9.17) is 0 Å². The van der Waals surface area contributed by atoms with Crippen LogP contribution in [0.4, 0.5) is 43.9 Å². The number of rotatable bonds is 5. The number of alkyl halides is 8. The van der Waals surface area contributed by atoms with Crippen LogP contribution in [0, 0.1) is 0 Å². The molecule has 10 heteroatoms. The van der Waals surface area contributed by atoms with E-state index in [1.165, 1.54) is 0 Å². The summed E-state index contributed by atoms with van der Waals surface area (Å²) in [5, 5.41) is 0. The second-order valence-corrected chi connectivity index (χ2v) is 3.11. The van der Waals surface area contributed by atoms with Crippen molar-refractivity contribution in [1.82, 2.24) is 0 Å². The van der Waals surface area contributed by atoms with Crippen LogP contribution in [-0.2, 0) is 0 Å². The van der Waals surface area contributed by atoms with Crippen LogP contribution in [0.5, 0.6) is 0 Å². The van der Waals surface area contributed by atoms with Gasteiger partial charge in [0.25, 0.3) is 0 Å². The fraction of sp³-hybridized carbons (Fsp3) is 0.500. The third-order valence-corrected chi connectivity index (χ3v) is 1.86. The van der Waals surface area contributed by atoms with Gasteiger partial charge in [0.05, 0.1) is 0 Å². The summed E-state index contributed by atoms with van der Waals surface area (Å²) in [5.41, 5.74) is 0. The van der Waals surface area contributed by atoms with Crippen molar-refractivity contribution in [3.8, 4) is 0 Å². The lowest BCUT2D eigenvalue weighted by molar-refractivity contribution is -0.354. The summed E-state index contributed by atoms with van der Waals surface area (Å²) in [6, 6.07) is 0. The van der Waals surface area contributed by atoms with E-state index in [-0.39, 0.29) is 0 Å². The summed E-state index contributed by atoms with van der Waals surface area (Å²) in [4.78, 5) is 0. The first kappa shape index (κ1) is 16.8. The molecule has 0 aromatic heterocycles. The molecule has 0 aliphatic carbocycles. The highest BCUT2D eigenvalue weighted by atomic mass is 19.4. The van der Waals surface area contributed by atoms with Crippen LogP contribution >= 0.6 is 0 Å². The van der Waals surface area contributed by atoms with Crippen LogP contribution < -0.4 is 0 Å². The second-order valence-electron chi connectivity index (χ2n) is 3.11. The molecule has 0 fully saturated rings. The highest BCUT2D eigenvalue weighted by Crippen LogP contribution is 2.56. The Morgan fingerprint density at radius 3 is 0.833 bits per heavy atom. The largest absolute Gasteiger partial charge is 0.385 e. The Labute approximate surface area is 93.6 Å². The van der Waals surface area contributed by atoms with Crippen molar-refractivity contribution < 1.29 is 43.9 Å². The zero-order chi connectivity index (χ0) is 15.2. The predicted octanol–water partition coefficient (Wildman–Crippen LogP) is 4.49. The zero-order valence-corrected chi connectivity index (χ0v) is 8.19. The average Bonchev–Trinajstić information content (AvgIpc) is 2.15. The van der Waals surface area contributed by atoms with Crippen LogP contribution in [0.15, 0.2) is 24.8 Å². The summed E-state index contributed by atoms with van der Waals surface area (Å²) in [5.74, 6) is -33.0. The number of allylic oxidation sites excluding steroid dienone is 2. The van der Waals surface area contributed by atoms with E-state index in [1.54, 1.807) is 13.2 Å². The Bertz CT molecular complexity index is 330. The van der Waals surface area contributed by atoms with Crippen molar-refractivity contribution in [2.24, 2.45) is 0 Å². The minimum absolute atomic E-state index is 1.64. The first-order valence-electron chi connectivity index (χ1n) is 3.85. The molecule has 0 saturated heterocycles. The van der Waals surface area contributed by atoms with Gasteiger partial charge in [-0.3, -0.25) is 0 Å². The maximum Gasteiger partial charge on any atom is 0.385 e. The van der Waals surface area contributed by atoms with Gasteiger partial charge in [0.15, 0.2) is 11.7 Å². The molecule has 0 N–H and O–H groups in total. The van der Waals surface area contributed by atoms with Gasteiger partial charge in [0.2, 0.25) is 0 Å². The van der Waals surface area contributed by atoms with Crippen molar-refractivity contribution in [2.45, 2.75) is 23.7 Å². The Kier molecular flexibility index (Phi) is 3.88. The zero-order valence-electron chi connectivity index (χ0n) is 8.19. The Morgan fingerprint density at radius 2 is 0.722 bits per heavy atom. The first-order chi connectivity index (χ1) is 7.64. The molecule has 0 bridgehead atoms. The van der Waals surface area contributed by atoms with E-state index in [2.05, 4.69) is 0 Å². The summed E-state index contributed by atoms with van der Waals surface area (Å²) < 4.78 is 124. The number of hydrogen-bond donors (Lipinski definition) is 0. The third kappa shape index (κ3) is 1.97. The molecule has 106 valence electrons. The molecule has 0 spiro atoms. The molecule has 0 aromatic carbocycles. The van der Waals surface area contributed by atoms with Gasteiger partial charge in [-0.05, 0) is 0 Å². The molecule has 0 nitrogen and oxygen atoms in total. The highest BCUT2D eigenvalue weighted by molar-refractivity contribution is 5.18. The van der Waals surface area contributed by atoms with Gasteiger partial charge in [0.1, 0.15) is 0 Å². The maximum absolute atomic E-state index is 12.6. The Balaban J connectivity index is 5.89. The summed E-state index contributed by atoms with van der Waals surface area (Å²) in [6.45, 7) is 3.28. The normalized spacial score (nSPS) is 14.6. The van der Waals surface area contributed by atoms with Gasteiger partial charge in [0, 0.05) is 0 Å². The quantitative estimate of drug-likeness (QED) is 0.654. The van der Waals surface area contributed by atoms with E-state index in [1.807, 2.05) is 0 Å². The standard InChI is InChI=1S/C8H4F10/c1-3(9)5(11,12)7(15,16)8(17,18)6(13,14)4(2)10/h1-2H2. The number of halogens is 10. The lowest BCUT2D eigenvalue weighted by atomic mass is 9.97. The highest BCUT2D eigenvalue weighted by Gasteiger charge is 2.82. The molecule has 0 amide bonds. The van der Waals surface area contributed by atoms with Crippen LogP contribution in [0.3, 0.4) is 0 Å². The van der Waals surface area contributed by atoms with Crippen molar-refractivity contribution in [2.75, 3.05) is 0 Å². The minimum atomic E-state index is -6.91. The summed E-state index contributed by atoms with van der Waals surface area (Å²) >= 11 is 0. The molecule has 0 rings (SSSR count). The molecule has 0 aromatic rings. The van der Waals surface area contributed by atoms with E-state index >= 15 is 0 Å². The van der Waals surface area contributed by atoms with Gasteiger partial charge >= 0.3 is 23.7 Å². The van der Waals surface area contributed by atoms with Gasteiger partial charge in [-0.25, -0.2) is 8.78 Å². The van der Waals surface area contributed by atoms with Crippen LogP contribution in [0.1, 0.15) is 0 Å².